The Balaban J connectivity index is 3.31. The van der Waals surface area contributed by atoms with Crippen LogP contribution in [0.4, 0.5) is 0 Å². The molecule has 3 nitrogen and oxygen atoms in total. The number of hydrogen-bond acceptors (Lipinski definition) is 3. The highest BCUT2D eigenvalue weighted by molar-refractivity contribution is 4.65. The molecule has 0 aromatic heterocycles. The van der Waals surface area contributed by atoms with E-state index in [-0.39, 0.29) is 0 Å². The van der Waals surface area contributed by atoms with Crippen LogP contribution in [0.25, 0.3) is 0 Å². The Morgan fingerprint density at radius 2 is 1.88 bits per heavy atom. The average molecular weight is 244 g/mol. The molecule has 0 saturated heterocycles. The molecule has 0 heterocycles. The minimum Gasteiger partial charge on any atom is -0.382 e. The van der Waals surface area contributed by atoms with Crippen molar-refractivity contribution in [2.75, 3.05) is 39.4 Å². The second kappa shape index (κ2) is 12.3. The van der Waals surface area contributed by atoms with Gasteiger partial charge in [-0.15, -0.1) is 0 Å². The summed E-state index contributed by atoms with van der Waals surface area (Å²) in [5.41, 5.74) is 0. The Kier molecular flexibility index (Phi) is 12.3. The molecule has 0 spiro atoms. The monoisotopic (exact) mass is 244 g/mol. The molecule has 0 aliphatic carbocycles. The second-order valence-corrected chi connectivity index (χ2v) is 4.54. The maximum Gasteiger partial charge on any atom is 0.0466 e. The fraction of sp³-hybridized carbons (Fsp3) is 1.00. The van der Waals surface area contributed by atoms with E-state index in [2.05, 4.69) is 31.0 Å². The molecule has 0 aromatic rings. The van der Waals surface area contributed by atoms with Crippen LogP contribution >= 0.6 is 0 Å². The highest BCUT2D eigenvalue weighted by atomic mass is 16.5. The summed E-state index contributed by atoms with van der Waals surface area (Å²) >= 11 is 0. The molecule has 0 amide bonds. The Labute approximate surface area is 108 Å². The number of rotatable bonds is 12. The Hall–Kier alpha value is -0.120. The van der Waals surface area contributed by atoms with E-state index < -0.39 is 0 Å². The van der Waals surface area contributed by atoms with Gasteiger partial charge >= 0.3 is 0 Å². The van der Waals surface area contributed by atoms with Crippen LogP contribution in [0, 0.1) is 0 Å². The van der Waals surface area contributed by atoms with Crippen molar-refractivity contribution in [1.29, 1.82) is 0 Å². The molecule has 1 unspecified atom stereocenters. The molecule has 0 aliphatic heterocycles. The SMILES string of the molecule is CCOCCCCNCCN(CC)C(C)CC. The standard InChI is InChI=1S/C14H32N2O/c1-5-14(4)16(6-2)12-11-15-10-8-9-13-17-7-3/h14-15H,5-13H2,1-4H3. The minimum atomic E-state index is 0.708. The smallest absolute Gasteiger partial charge is 0.0466 e. The average Bonchev–Trinajstić information content (AvgIpc) is 2.36. The summed E-state index contributed by atoms with van der Waals surface area (Å²) in [6.07, 6.45) is 3.63. The summed E-state index contributed by atoms with van der Waals surface area (Å²) in [5, 5.41) is 3.51. The van der Waals surface area contributed by atoms with Gasteiger partial charge in [-0.3, -0.25) is 4.90 Å². The minimum absolute atomic E-state index is 0.708. The maximum atomic E-state index is 5.31. The third-order valence-corrected chi connectivity index (χ3v) is 3.29. The molecule has 0 aromatic carbocycles. The molecule has 0 aliphatic rings. The Morgan fingerprint density at radius 1 is 1.12 bits per heavy atom. The number of nitrogens with one attached hydrogen (secondary N) is 1. The molecule has 1 atom stereocenters. The maximum absolute atomic E-state index is 5.31. The second-order valence-electron chi connectivity index (χ2n) is 4.54. The van der Waals surface area contributed by atoms with E-state index in [9.17, 15) is 0 Å². The summed E-state index contributed by atoms with van der Waals surface area (Å²) in [4.78, 5) is 2.53. The van der Waals surface area contributed by atoms with Gasteiger partial charge in [-0.2, -0.15) is 0 Å². The zero-order valence-corrected chi connectivity index (χ0v) is 12.3. The molecular formula is C14H32N2O. The summed E-state index contributed by atoms with van der Waals surface area (Å²) in [7, 11) is 0. The van der Waals surface area contributed by atoms with E-state index in [0.717, 1.165) is 39.4 Å². The van der Waals surface area contributed by atoms with E-state index in [1.54, 1.807) is 0 Å². The van der Waals surface area contributed by atoms with Gasteiger partial charge in [-0.05, 0) is 46.2 Å². The van der Waals surface area contributed by atoms with Gasteiger partial charge in [0.25, 0.3) is 0 Å². The van der Waals surface area contributed by atoms with Gasteiger partial charge in [-0.25, -0.2) is 0 Å². The third-order valence-electron chi connectivity index (χ3n) is 3.29. The van der Waals surface area contributed by atoms with Crippen molar-refractivity contribution in [2.45, 2.75) is 53.0 Å². The van der Waals surface area contributed by atoms with Crippen molar-refractivity contribution in [2.24, 2.45) is 0 Å². The summed E-state index contributed by atoms with van der Waals surface area (Å²) < 4.78 is 5.31. The lowest BCUT2D eigenvalue weighted by Gasteiger charge is -2.26. The predicted molar refractivity (Wildman–Crippen MR) is 75.6 cm³/mol. The zero-order valence-electron chi connectivity index (χ0n) is 12.3. The first-order chi connectivity index (χ1) is 8.26. The molecule has 0 rings (SSSR count). The van der Waals surface area contributed by atoms with E-state index in [1.807, 2.05) is 6.92 Å². The molecule has 0 radical (unpaired) electrons. The normalized spacial score (nSPS) is 13.2. The molecule has 17 heavy (non-hydrogen) atoms. The van der Waals surface area contributed by atoms with E-state index >= 15 is 0 Å². The van der Waals surface area contributed by atoms with Gasteiger partial charge in [0.15, 0.2) is 0 Å². The lowest BCUT2D eigenvalue weighted by Crippen LogP contribution is -2.38. The molecule has 0 saturated carbocycles. The highest BCUT2D eigenvalue weighted by Crippen LogP contribution is 2.01. The zero-order chi connectivity index (χ0) is 12.9. The molecular weight excluding hydrogens is 212 g/mol. The van der Waals surface area contributed by atoms with Crippen LogP contribution in [0.5, 0.6) is 0 Å². The quantitative estimate of drug-likeness (QED) is 0.534. The van der Waals surface area contributed by atoms with E-state index in [4.69, 9.17) is 4.74 Å². The molecule has 104 valence electrons. The number of ether oxygens (including phenoxy) is 1. The first-order valence-corrected chi connectivity index (χ1v) is 7.28. The van der Waals surface area contributed by atoms with Crippen LogP contribution in [0.1, 0.15) is 47.0 Å². The number of unbranched alkanes of at least 4 members (excludes halogenated alkanes) is 1. The summed E-state index contributed by atoms with van der Waals surface area (Å²) in [5.74, 6) is 0. The van der Waals surface area contributed by atoms with Crippen LogP contribution in [0.15, 0.2) is 0 Å². The summed E-state index contributed by atoms with van der Waals surface area (Å²) in [6.45, 7) is 15.1. The topological polar surface area (TPSA) is 24.5 Å². The fourth-order valence-electron chi connectivity index (χ4n) is 1.89. The largest absolute Gasteiger partial charge is 0.382 e. The van der Waals surface area contributed by atoms with Crippen molar-refractivity contribution in [3.05, 3.63) is 0 Å². The van der Waals surface area contributed by atoms with Gasteiger partial charge in [0.05, 0.1) is 0 Å². The van der Waals surface area contributed by atoms with Crippen LogP contribution in [-0.4, -0.2) is 50.3 Å². The lowest BCUT2D eigenvalue weighted by atomic mass is 10.2. The van der Waals surface area contributed by atoms with Gasteiger partial charge in [0.2, 0.25) is 0 Å². The van der Waals surface area contributed by atoms with E-state index in [0.29, 0.717) is 6.04 Å². The molecule has 0 bridgehead atoms. The van der Waals surface area contributed by atoms with Gasteiger partial charge < -0.3 is 10.1 Å². The van der Waals surface area contributed by atoms with Gasteiger partial charge in [0.1, 0.15) is 0 Å². The molecule has 1 N–H and O–H groups in total. The predicted octanol–water partition coefficient (Wildman–Crippen LogP) is 2.51. The lowest BCUT2D eigenvalue weighted by molar-refractivity contribution is 0.143. The van der Waals surface area contributed by atoms with Crippen molar-refractivity contribution in [1.82, 2.24) is 10.2 Å². The highest BCUT2D eigenvalue weighted by Gasteiger charge is 2.08. The first kappa shape index (κ1) is 16.9. The Morgan fingerprint density at radius 3 is 2.47 bits per heavy atom. The number of hydrogen-bond donors (Lipinski definition) is 1. The van der Waals surface area contributed by atoms with E-state index in [1.165, 1.54) is 19.3 Å². The molecule has 3 heteroatoms. The summed E-state index contributed by atoms with van der Waals surface area (Å²) in [6, 6.07) is 0.708. The van der Waals surface area contributed by atoms with Crippen LogP contribution in [0.3, 0.4) is 0 Å². The van der Waals surface area contributed by atoms with Crippen LogP contribution in [-0.2, 0) is 4.74 Å². The van der Waals surface area contributed by atoms with Crippen molar-refractivity contribution >= 4 is 0 Å². The van der Waals surface area contributed by atoms with Crippen molar-refractivity contribution in [3.63, 3.8) is 0 Å². The Bertz CT molecular complexity index is 153. The van der Waals surface area contributed by atoms with Gasteiger partial charge in [0, 0.05) is 32.3 Å². The molecule has 0 fully saturated rings. The first-order valence-electron chi connectivity index (χ1n) is 7.28. The number of likely N-dealkylation sites (N-methyl/N-ethyl adjacent to an activating group) is 1. The van der Waals surface area contributed by atoms with Gasteiger partial charge in [-0.1, -0.05) is 13.8 Å². The third kappa shape index (κ3) is 9.57. The van der Waals surface area contributed by atoms with Crippen LogP contribution in [0.2, 0.25) is 0 Å². The number of nitrogens with zero attached hydrogens (tertiary/aromatic N) is 1. The van der Waals surface area contributed by atoms with Crippen molar-refractivity contribution < 1.29 is 4.74 Å². The van der Waals surface area contributed by atoms with Crippen molar-refractivity contribution in [3.8, 4) is 0 Å². The van der Waals surface area contributed by atoms with Crippen LogP contribution < -0.4 is 5.32 Å². The fourth-order valence-corrected chi connectivity index (χ4v) is 1.89.